The number of hydrogen-bond donors (Lipinski definition) is 2. The van der Waals surface area contributed by atoms with Crippen molar-refractivity contribution in [3.63, 3.8) is 0 Å². The van der Waals surface area contributed by atoms with Crippen LogP contribution in [0.2, 0.25) is 0 Å². The summed E-state index contributed by atoms with van der Waals surface area (Å²) in [6.07, 6.45) is 5.51. The minimum absolute atomic E-state index is 0.219. The summed E-state index contributed by atoms with van der Waals surface area (Å²) in [4.78, 5) is 10.1. The van der Waals surface area contributed by atoms with Crippen LogP contribution in [0.15, 0.2) is 6.20 Å². The van der Waals surface area contributed by atoms with E-state index in [1.54, 1.807) is 11.3 Å². The van der Waals surface area contributed by atoms with E-state index in [4.69, 9.17) is 5.73 Å². The number of aliphatic hydroxyl groups is 1. The topological polar surface area (TPSA) is 65.6 Å². The molecule has 6 heteroatoms. The molecular formula is C13H22N4OS. The molecule has 3 heterocycles. The Bertz CT molecular complexity index is 419. The van der Waals surface area contributed by atoms with E-state index in [1.165, 1.54) is 24.1 Å². The number of anilines is 1. The lowest BCUT2D eigenvalue weighted by Gasteiger charge is -2.33. The van der Waals surface area contributed by atoms with E-state index < -0.39 is 0 Å². The molecule has 0 bridgehead atoms. The summed E-state index contributed by atoms with van der Waals surface area (Å²) < 4.78 is 0. The maximum atomic E-state index is 10.3. The number of piperidine rings is 1. The zero-order chi connectivity index (χ0) is 13.2. The van der Waals surface area contributed by atoms with Crippen LogP contribution in [0.5, 0.6) is 0 Å². The van der Waals surface area contributed by atoms with Gasteiger partial charge in [-0.05, 0) is 25.9 Å². The van der Waals surface area contributed by atoms with Crippen molar-refractivity contribution in [2.75, 3.05) is 31.9 Å². The Morgan fingerprint density at radius 1 is 1.32 bits per heavy atom. The highest BCUT2D eigenvalue weighted by atomic mass is 32.1. The molecule has 2 fully saturated rings. The molecule has 2 aliphatic heterocycles. The van der Waals surface area contributed by atoms with Crippen molar-refractivity contribution in [1.82, 2.24) is 14.8 Å². The van der Waals surface area contributed by atoms with E-state index in [-0.39, 0.29) is 6.10 Å². The third-order valence-electron chi connectivity index (χ3n) is 4.15. The number of aromatic nitrogens is 1. The molecule has 106 valence electrons. The van der Waals surface area contributed by atoms with Crippen LogP contribution in [0.4, 0.5) is 5.13 Å². The van der Waals surface area contributed by atoms with Gasteiger partial charge in [-0.2, -0.15) is 0 Å². The number of likely N-dealkylation sites (tertiary alicyclic amines) is 2. The summed E-state index contributed by atoms with van der Waals surface area (Å²) >= 11 is 1.54. The fourth-order valence-corrected chi connectivity index (χ4v) is 3.93. The van der Waals surface area contributed by atoms with E-state index in [1.807, 2.05) is 6.20 Å². The number of nitrogen functional groups attached to an aromatic ring is 1. The van der Waals surface area contributed by atoms with Gasteiger partial charge in [-0.15, -0.1) is 11.3 Å². The molecule has 2 aliphatic rings. The van der Waals surface area contributed by atoms with Crippen LogP contribution >= 0.6 is 11.3 Å². The normalized spacial score (nSPS) is 29.9. The van der Waals surface area contributed by atoms with Crippen molar-refractivity contribution in [3.05, 3.63) is 11.1 Å². The monoisotopic (exact) mass is 282 g/mol. The molecule has 5 nitrogen and oxygen atoms in total. The molecule has 1 aromatic rings. The second-order valence-electron chi connectivity index (χ2n) is 5.59. The molecule has 0 unspecified atom stereocenters. The number of nitrogens with zero attached hydrogens (tertiary/aromatic N) is 3. The fourth-order valence-electron chi connectivity index (χ4n) is 3.20. The van der Waals surface area contributed by atoms with Gasteiger partial charge in [0.25, 0.3) is 0 Å². The summed E-state index contributed by atoms with van der Waals surface area (Å²) in [5, 5.41) is 10.9. The Morgan fingerprint density at radius 3 is 2.79 bits per heavy atom. The Hall–Kier alpha value is -0.690. The molecule has 0 saturated carbocycles. The van der Waals surface area contributed by atoms with Gasteiger partial charge >= 0.3 is 0 Å². The van der Waals surface area contributed by atoms with Crippen molar-refractivity contribution in [2.45, 2.75) is 38.0 Å². The lowest BCUT2D eigenvalue weighted by atomic mass is 10.1. The van der Waals surface area contributed by atoms with Gasteiger partial charge in [-0.3, -0.25) is 9.80 Å². The number of hydrogen-bond acceptors (Lipinski definition) is 6. The van der Waals surface area contributed by atoms with Crippen LogP contribution in [0.25, 0.3) is 0 Å². The Morgan fingerprint density at radius 2 is 2.11 bits per heavy atom. The maximum absolute atomic E-state index is 10.3. The molecule has 19 heavy (non-hydrogen) atoms. The van der Waals surface area contributed by atoms with Crippen LogP contribution in [0, 0.1) is 0 Å². The summed E-state index contributed by atoms with van der Waals surface area (Å²) in [7, 11) is 0. The van der Waals surface area contributed by atoms with Gasteiger partial charge in [0.05, 0.1) is 6.10 Å². The van der Waals surface area contributed by atoms with Gasteiger partial charge in [-0.25, -0.2) is 4.98 Å². The molecule has 0 aliphatic carbocycles. The quantitative estimate of drug-likeness (QED) is 0.857. The largest absolute Gasteiger partial charge is 0.390 e. The number of nitrogens with two attached hydrogens (primary N) is 1. The SMILES string of the molecule is Nc1ncc(CN2C[C@H](O)[C@@H](N3CCCCC3)C2)s1. The van der Waals surface area contributed by atoms with E-state index in [2.05, 4.69) is 14.8 Å². The predicted molar refractivity (Wildman–Crippen MR) is 77.0 cm³/mol. The molecule has 0 radical (unpaired) electrons. The van der Waals surface area contributed by atoms with E-state index in [0.29, 0.717) is 11.2 Å². The second-order valence-corrected chi connectivity index (χ2v) is 6.74. The van der Waals surface area contributed by atoms with Gasteiger partial charge in [0.15, 0.2) is 5.13 Å². The Balaban J connectivity index is 1.58. The summed E-state index contributed by atoms with van der Waals surface area (Å²) in [5.74, 6) is 0. The molecule has 2 atom stereocenters. The predicted octanol–water partition coefficient (Wildman–Crippen LogP) is 0.756. The van der Waals surface area contributed by atoms with Crippen molar-refractivity contribution in [1.29, 1.82) is 0 Å². The maximum Gasteiger partial charge on any atom is 0.180 e. The Labute approximate surface area is 118 Å². The standard InChI is InChI=1S/C13H22N4OS/c14-13-15-6-10(19-13)7-16-8-11(12(18)9-16)17-4-2-1-3-5-17/h6,11-12,18H,1-5,7-9H2,(H2,14,15)/t11-,12-/m0/s1. The van der Waals surface area contributed by atoms with Crippen molar-refractivity contribution < 1.29 is 5.11 Å². The first-order valence-electron chi connectivity index (χ1n) is 7.07. The fraction of sp³-hybridized carbons (Fsp3) is 0.769. The van der Waals surface area contributed by atoms with Crippen LogP contribution < -0.4 is 5.73 Å². The zero-order valence-corrected chi connectivity index (χ0v) is 12.0. The molecular weight excluding hydrogens is 260 g/mol. The average Bonchev–Trinajstić information content (AvgIpc) is 2.97. The van der Waals surface area contributed by atoms with E-state index in [0.717, 1.165) is 32.7 Å². The van der Waals surface area contributed by atoms with E-state index in [9.17, 15) is 5.11 Å². The van der Waals surface area contributed by atoms with Gasteiger partial charge in [-0.1, -0.05) is 6.42 Å². The molecule has 0 amide bonds. The number of β-amino-alcohol motifs (C(OH)–C–C–N with tert-alkyl or cyclic N) is 1. The summed E-state index contributed by atoms with van der Waals surface area (Å²) in [6.45, 7) is 4.86. The smallest absolute Gasteiger partial charge is 0.180 e. The number of rotatable bonds is 3. The van der Waals surface area contributed by atoms with Crippen LogP contribution in [0.3, 0.4) is 0 Å². The van der Waals surface area contributed by atoms with Gasteiger partial charge in [0, 0.05) is 36.8 Å². The van der Waals surface area contributed by atoms with Crippen LogP contribution in [0.1, 0.15) is 24.1 Å². The molecule has 2 saturated heterocycles. The highest BCUT2D eigenvalue weighted by Gasteiger charge is 2.35. The highest BCUT2D eigenvalue weighted by molar-refractivity contribution is 7.15. The molecule has 1 aromatic heterocycles. The molecule has 0 spiro atoms. The molecule has 3 N–H and O–H groups in total. The van der Waals surface area contributed by atoms with Gasteiger partial charge < -0.3 is 10.8 Å². The molecule has 3 rings (SSSR count). The van der Waals surface area contributed by atoms with Crippen molar-refractivity contribution >= 4 is 16.5 Å². The Kier molecular flexibility index (Phi) is 4.02. The van der Waals surface area contributed by atoms with Gasteiger partial charge in [0.1, 0.15) is 0 Å². The van der Waals surface area contributed by atoms with Crippen molar-refractivity contribution in [2.24, 2.45) is 0 Å². The highest BCUT2D eigenvalue weighted by Crippen LogP contribution is 2.24. The number of thiazole rings is 1. The van der Waals surface area contributed by atoms with Crippen LogP contribution in [-0.2, 0) is 6.54 Å². The van der Waals surface area contributed by atoms with Crippen molar-refractivity contribution in [3.8, 4) is 0 Å². The first kappa shape index (κ1) is 13.3. The lowest BCUT2D eigenvalue weighted by Crippen LogP contribution is -2.45. The number of aliphatic hydroxyl groups excluding tert-OH is 1. The summed E-state index contributed by atoms with van der Waals surface area (Å²) in [6, 6.07) is 0.311. The second kappa shape index (κ2) is 5.75. The minimum Gasteiger partial charge on any atom is -0.390 e. The zero-order valence-electron chi connectivity index (χ0n) is 11.2. The van der Waals surface area contributed by atoms with E-state index >= 15 is 0 Å². The molecule has 0 aromatic carbocycles. The first-order valence-corrected chi connectivity index (χ1v) is 7.88. The third kappa shape index (κ3) is 3.08. The first-order chi connectivity index (χ1) is 9.22. The third-order valence-corrected chi connectivity index (χ3v) is 4.96. The van der Waals surface area contributed by atoms with Crippen LogP contribution in [-0.4, -0.2) is 58.2 Å². The summed E-state index contributed by atoms with van der Waals surface area (Å²) in [5.41, 5.74) is 5.66. The van der Waals surface area contributed by atoms with Gasteiger partial charge in [0.2, 0.25) is 0 Å². The minimum atomic E-state index is -0.219. The lowest BCUT2D eigenvalue weighted by molar-refractivity contribution is 0.0706. The average molecular weight is 282 g/mol.